The predicted octanol–water partition coefficient (Wildman–Crippen LogP) is 0.692. The van der Waals surface area contributed by atoms with Gasteiger partial charge >= 0.3 is 0 Å². The predicted molar refractivity (Wildman–Crippen MR) is 54.7 cm³/mol. The van der Waals surface area contributed by atoms with Crippen molar-refractivity contribution in [2.45, 2.75) is 26.3 Å². The Labute approximate surface area is 81.2 Å². The minimum Gasteiger partial charge on any atom is -0.380 e. The van der Waals surface area contributed by atoms with Crippen LogP contribution in [-0.2, 0) is 4.74 Å². The molecular weight excluding hydrogens is 164 g/mol. The van der Waals surface area contributed by atoms with Crippen molar-refractivity contribution in [2.24, 2.45) is 11.7 Å². The first kappa shape index (κ1) is 11.0. The summed E-state index contributed by atoms with van der Waals surface area (Å²) in [6.07, 6.45) is 1.16. The van der Waals surface area contributed by atoms with Crippen LogP contribution >= 0.6 is 0 Å². The monoisotopic (exact) mass is 186 g/mol. The third kappa shape index (κ3) is 4.07. The molecule has 2 atom stereocenters. The fourth-order valence-corrected chi connectivity index (χ4v) is 1.55. The second-order valence-corrected chi connectivity index (χ2v) is 4.10. The van der Waals surface area contributed by atoms with E-state index in [0.29, 0.717) is 12.0 Å². The molecule has 0 aromatic heterocycles. The summed E-state index contributed by atoms with van der Waals surface area (Å²) in [5.41, 5.74) is 5.83. The van der Waals surface area contributed by atoms with Gasteiger partial charge in [-0.3, -0.25) is 0 Å². The number of nitrogens with two attached hydrogens (primary N) is 1. The van der Waals surface area contributed by atoms with Crippen molar-refractivity contribution < 1.29 is 4.74 Å². The van der Waals surface area contributed by atoms with E-state index in [1.165, 1.54) is 0 Å². The lowest BCUT2D eigenvalue weighted by Crippen LogP contribution is -2.37. The highest BCUT2D eigenvalue weighted by Gasteiger charge is 2.14. The highest BCUT2D eigenvalue weighted by atomic mass is 16.5. The normalized spacial score (nSPS) is 25.2. The summed E-state index contributed by atoms with van der Waals surface area (Å²) in [4.78, 5) is 2.46. The van der Waals surface area contributed by atoms with Gasteiger partial charge in [0.1, 0.15) is 0 Å². The van der Waals surface area contributed by atoms with Gasteiger partial charge in [0.2, 0.25) is 0 Å². The zero-order valence-corrected chi connectivity index (χ0v) is 8.83. The van der Waals surface area contributed by atoms with E-state index in [0.717, 1.165) is 39.3 Å². The molecule has 0 amide bonds. The van der Waals surface area contributed by atoms with Gasteiger partial charge in [-0.2, -0.15) is 0 Å². The molecule has 0 spiro atoms. The van der Waals surface area contributed by atoms with E-state index < -0.39 is 0 Å². The molecule has 3 heteroatoms. The van der Waals surface area contributed by atoms with Crippen molar-refractivity contribution in [3.8, 4) is 0 Å². The van der Waals surface area contributed by atoms with Gasteiger partial charge in [0, 0.05) is 32.3 Å². The van der Waals surface area contributed by atoms with E-state index >= 15 is 0 Å². The Kier molecular flexibility index (Phi) is 4.70. The molecule has 0 aliphatic carbocycles. The van der Waals surface area contributed by atoms with Gasteiger partial charge in [0.25, 0.3) is 0 Å². The summed E-state index contributed by atoms with van der Waals surface area (Å²) in [5.74, 6) is 0.582. The van der Waals surface area contributed by atoms with Crippen LogP contribution in [0.15, 0.2) is 0 Å². The van der Waals surface area contributed by atoms with Gasteiger partial charge in [-0.15, -0.1) is 0 Å². The molecule has 1 aliphatic heterocycles. The van der Waals surface area contributed by atoms with Gasteiger partial charge in [-0.05, 0) is 19.3 Å². The van der Waals surface area contributed by atoms with Crippen LogP contribution in [0.4, 0.5) is 0 Å². The largest absolute Gasteiger partial charge is 0.380 e. The quantitative estimate of drug-likeness (QED) is 0.705. The Morgan fingerprint density at radius 1 is 1.31 bits per heavy atom. The third-order valence-electron chi connectivity index (χ3n) is 2.76. The standard InChI is InChI=1S/C10H22N2O/c1-9(10(2)11)8-12-4-3-6-13-7-5-12/h9-10H,3-8,11H2,1-2H3. The van der Waals surface area contributed by atoms with Crippen LogP contribution in [-0.4, -0.2) is 43.8 Å². The van der Waals surface area contributed by atoms with Crippen molar-refractivity contribution >= 4 is 0 Å². The molecule has 1 fully saturated rings. The maximum Gasteiger partial charge on any atom is 0.0593 e. The van der Waals surface area contributed by atoms with Gasteiger partial charge in [0.05, 0.1) is 6.61 Å². The minimum atomic E-state index is 0.296. The molecule has 0 radical (unpaired) electrons. The zero-order valence-electron chi connectivity index (χ0n) is 8.83. The van der Waals surface area contributed by atoms with Crippen LogP contribution in [0.2, 0.25) is 0 Å². The third-order valence-corrected chi connectivity index (χ3v) is 2.76. The molecule has 1 heterocycles. The average molecular weight is 186 g/mol. The van der Waals surface area contributed by atoms with Crippen LogP contribution in [0.25, 0.3) is 0 Å². The second-order valence-electron chi connectivity index (χ2n) is 4.10. The first-order valence-corrected chi connectivity index (χ1v) is 5.26. The molecule has 1 rings (SSSR count). The van der Waals surface area contributed by atoms with Crippen LogP contribution in [0, 0.1) is 5.92 Å². The molecular formula is C10H22N2O. The second kappa shape index (κ2) is 5.58. The van der Waals surface area contributed by atoms with Gasteiger partial charge in [-0.25, -0.2) is 0 Å². The fraction of sp³-hybridized carbons (Fsp3) is 1.00. The van der Waals surface area contributed by atoms with E-state index in [9.17, 15) is 0 Å². The summed E-state index contributed by atoms with van der Waals surface area (Å²) >= 11 is 0. The topological polar surface area (TPSA) is 38.5 Å². The lowest BCUT2D eigenvalue weighted by atomic mass is 10.0. The van der Waals surface area contributed by atoms with E-state index in [1.54, 1.807) is 0 Å². The Hall–Kier alpha value is -0.120. The smallest absolute Gasteiger partial charge is 0.0593 e. The molecule has 1 saturated heterocycles. The summed E-state index contributed by atoms with van der Waals surface area (Å²) in [6, 6.07) is 0.296. The SMILES string of the molecule is CC(N)C(C)CN1CCCOCC1. The average Bonchev–Trinajstić information content (AvgIpc) is 2.32. The number of ether oxygens (including phenoxy) is 1. The summed E-state index contributed by atoms with van der Waals surface area (Å²) in [7, 11) is 0. The Morgan fingerprint density at radius 2 is 2.08 bits per heavy atom. The lowest BCUT2D eigenvalue weighted by molar-refractivity contribution is 0.138. The van der Waals surface area contributed by atoms with Crippen LogP contribution in [0.3, 0.4) is 0 Å². The van der Waals surface area contributed by atoms with E-state index in [4.69, 9.17) is 10.5 Å². The Bertz CT molecular complexity index is 131. The van der Waals surface area contributed by atoms with Crippen molar-refractivity contribution in [1.29, 1.82) is 0 Å². The van der Waals surface area contributed by atoms with Crippen molar-refractivity contribution in [1.82, 2.24) is 4.90 Å². The Balaban J connectivity index is 2.25. The highest BCUT2D eigenvalue weighted by Crippen LogP contribution is 2.06. The molecule has 3 nitrogen and oxygen atoms in total. The zero-order chi connectivity index (χ0) is 9.68. The number of nitrogens with zero attached hydrogens (tertiary/aromatic N) is 1. The maximum absolute atomic E-state index is 5.83. The van der Waals surface area contributed by atoms with Gasteiger partial charge in [0.15, 0.2) is 0 Å². The maximum atomic E-state index is 5.83. The molecule has 1 aliphatic rings. The van der Waals surface area contributed by atoms with Crippen LogP contribution < -0.4 is 5.73 Å². The fourth-order valence-electron chi connectivity index (χ4n) is 1.55. The summed E-state index contributed by atoms with van der Waals surface area (Å²) in [6.45, 7) is 9.44. The van der Waals surface area contributed by atoms with Crippen molar-refractivity contribution in [2.75, 3.05) is 32.8 Å². The number of rotatable bonds is 3. The number of hydrogen-bond acceptors (Lipinski definition) is 3. The molecule has 0 saturated carbocycles. The van der Waals surface area contributed by atoms with Crippen LogP contribution in [0.5, 0.6) is 0 Å². The van der Waals surface area contributed by atoms with Gasteiger partial charge < -0.3 is 15.4 Å². The lowest BCUT2D eigenvalue weighted by Gasteiger charge is -2.25. The molecule has 13 heavy (non-hydrogen) atoms. The number of hydrogen-bond donors (Lipinski definition) is 1. The van der Waals surface area contributed by atoms with Crippen molar-refractivity contribution in [3.63, 3.8) is 0 Å². The van der Waals surface area contributed by atoms with Gasteiger partial charge in [-0.1, -0.05) is 6.92 Å². The van der Waals surface area contributed by atoms with E-state index in [-0.39, 0.29) is 0 Å². The molecule has 0 aromatic rings. The van der Waals surface area contributed by atoms with Crippen molar-refractivity contribution in [3.05, 3.63) is 0 Å². The van der Waals surface area contributed by atoms with E-state index in [1.807, 2.05) is 0 Å². The summed E-state index contributed by atoms with van der Waals surface area (Å²) in [5, 5.41) is 0. The first-order chi connectivity index (χ1) is 6.20. The first-order valence-electron chi connectivity index (χ1n) is 5.26. The molecule has 0 aromatic carbocycles. The van der Waals surface area contributed by atoms with Crippen LogP contribution in [0.1, 0.15) is 20.3 Å². The molecule has 0 bridgehead atoms. The molecule has 78 valence electrons. The van der Waals surface area contributed by atoms with E-state index in [2.05, 4.69) is 18.7 Å². The summed E-state index contributed by atoms with van der Waals surface area (Å²) < 4.78 is 5.39. The molecule has 2 N–H and O–H groups in total. The Morgan fingerprint density at radius 3 is 2.77 bits per heavy atom. The minimum absolute atomic E-state index is 0.296. The highest BCUT2D eigenvalue weighted by molar-refractivity contribution is 4.70. The molecule has 2 unspecified atom stereocenters.